The second-order valence-electron chi connectivity index (χ2n) is 5.72. The molecule has 2 aromatic carbocycles. The molecule has 1 N–H and O–H groups in total. The Morgan fingerprint density at radius 1 is 1.16 bits per heavy atom. The van der Waals surface area contributed by atoms with E-state index in [9.17, 15) is 17.6 Å². The Labute approximate surface area is 147 Å². The number of benzene rings is 2. The van der Waals surface area contributed by atoms with E-state index >= 15 is 0 Å². The van der Waals surface area contributed by atoms with Crippen LogP contribution in [0.3, 0.4) is 0 Å². The van der Waals surface area contributed by atoms with Crippen molar-refractivity contribution >= 4 is 21.6 Å². The minimum absolute atomic E-state index is 0.00419. The standard InChI is InChI=1S/C18H21FN2O3S/c1-3-4-12-21(2)18(22)14-8-10-17(11-9-14)25(23,24)20-16-7-5-6-15(19)13-16/h5-11,13,20H,3-4,12H2,1-2H3. The molecule has 0 aliphatic heterocycles. The number of halogens is 1. The molecule has 0 saturated carbocycles. The molecule has 0 aromatic heterocycles. The van der Waals surface area contributed by atoms with Crippen molar-refractivity contribution in [3.63, 3.8) is 0 Å². The van der Waals surface area contributed by atoms with Crippen LogP contribution in [-0.2, 0) is 10.0 Å². The highest BCUT2D eigenvalue weighted by atomic mass is 32.2. The fourth-order valence-electron chi connectivity index (χ4n) is 2.26. The van der Waals surface area contributed by atoms with Gasteiger partial charge in [-0.25, -0.2) is 12.8 Å². The zero-order chi connectivity index (χ0) is 18.4. The first-order valence-corrected chi connectivity index (χ1v) is 9.45. The van der Waals surface area contributed by atoms with Crippen LogP contribution in [0.1, 0.15) is 30.1 Å². The maximum absolute atomic E-state index is 13.2. The van der Waals surface area contributed by atoms with E-state index in [-0.39, 0.29) is 16.5 Å². The van der Waals surface area contributed by atoms with Crippen LogP contribution in [0.4, 0.5) is 10.1 Å². The monoisotopic (exact) mass is 364 g/mol. The Hall–Kier alpha value is -2.41. The molecule has 2 aromatic rings. The average Bonchev–Trinajstić information content (AvgIpc) is 2.58. The molecular formula is C18H21FN2O3S. The molecule has 0 heterocycles. The number of unbranched alkanes of at least 4 members (excludes halogenated alkanes) is 1. The molecular weight excluding hydrogens is 343 g/mol. The SMILES string of the molecule is CCCCN(C)C(=O)c1ccc(S(=O)(=O)Nc2cccc(F)c2)cc1. The number of carbonyl (C=O) groups excluding carboxylic acids is 1. The number of anilines is 1. The predicted molar refractivity (Wildman–Crippen MR) is 95.5 cm³/mol. The minimum atomic E-state index is -3.85. The maximum atomic E-state index is 13.2. The van der Waals surface area contributed by atoms with Crippen molar-refractivity contribution in [2.24, 2.45) is 0 Å². The van der Waals surface area contributed by atoms with Crippen LogP contribution in [0, 0.1) is 5.82 Å². The fourth-order valence-corrected chi connectivity index (χ4v) is 3.31. The van der Waals surface area contributed by atoms with Gasteiger partial charge in [-0.05, 0) is 48.9 Å². The lowest BCUT2D eigenvalue weighted by Gasteiger charge is -2.17. The lowest BCUT2D eigenvalue weighted by Crippen LogP contribution is -2.27. The van der Waals surface area contributed by atoms with Gasteiger partial charge in [0.05, 0.1) is 10.6 Å². The number of nitrogens with one attached hydrogen (secondary N) is 1. The lowest BCUT2D eigenvalue weighted by molar-refractivity contribution is 0.0793. The molecule has 1 amide bonds. The molecule has 0 aliphatic carbocycles. The Balaban J connectivity index is 2.14. The van der Waals surface area contributed by atoms with E-state index in [1.165, 1.54) is 42.5 Å². The third-order valence-electron chi connectivity index (χ3n) is 3.68. The van der Waals surface area contributed by atoms with E-state index in [2.05, 4.69) is 4.72 Å². The van der Waals surface area contributed by atoms with Crippen molar-refractivity contribution in [1.29, 1.82) is 0 Å². The summed E-state index contributed by atoms with van der Waals surface area (Å²) in [7, 11) is -2.13. The van der Waals surface area contributed by atoms with E-state index in [4.69, 9.17) is 0 Å². The summed E-state index contributed by atoms with van der Waals surface area (Å²) in [6.45, 7) is 2.69. The van der Waals surface area contributed by atoms with Gasteiger partial charge in [-0.3, -0.25) is 9.52 Å². The van der Waals surface area contributed by atoms with Crippen molar-refractivity contribution in [2.75, 3.05) is 18.3 Å². The number of sulfonamides is 1. The summed E-state index contributed by atoms with van der Waals surface area (Å²) in [6, 6.07) is 10.9. The molecule has 0 fully saturated rings. The lowest BCUT2D eigenvalue weighted by atomic mass is 10.2. The maximum Gasteiger partial charge on any atom is 0.261 e. The summed E-state index contributed by atoms with van der Waals surface area (Å²) in [5.74, 6) is -0.688. The van der Waals surface area contributed by atoms with Gasteiger partial charge in [-0.1, -0.05) is 19.4 Å². The van der Waals surface area contributed by atoms with Crippen LogP contribution in [0.5, 0.6) is 0 Å². The largest absolute Gasteiger partial charge is 0.342 e. The summed E-state index contributed by atoms with van der Waals surface area (Å²) in [6.07, 6.45) is 1.90. The van der Waals surface area contributed by atoms with Gasteiger partial charge < -0.3 is 4.90 Å². The predicted octanol–water partition coefficient (Wildman–Crippen LogP) is 3.50. The summed E-state index contributed by atoms with van der Waals surface area (Å²) >= 11 is 0. The Morgan fingerprint density at radius 2 is 1.84 bits per heavy atom. The molecule has 0 saturated heterocycles. The molecule has 134 valence electrons. The van der Waals surface area contributed by atoms with Crippen molar-refractivity contribution in [1.82, 2.24) is 4.90 Å². The molecule has 0 aliphatic rings. The molecule has 2 rings (SSSR count). The van der Waals surface area contributed by atoms with E-state index in [0.29, 0.717) is 12.1 Å². The third-order valence-corrected chi connectivity index (χ3v) is 5.08. The Morgan fingerprint density at radius 3 is 2.44 bits per heavy atom. The van der Waals surface area contributed by atoms with Crippen molar-refractivity contribution in [3.8, 4) is 0 Å². The first-order chi connectivity index (χ1) is 11.8. The fraction of sp³-hybridized carbons (Fsp3) is 0.278. The van der Waals surface area contributed by atoms with E-state index < -0.39 is 15.8 Å². The van der Waals surface area contributed by atoms with Gasteiger partial charge >= 0.3 is 0 Å². The van der Waals surface area contributed by atoms with Crippen LogP contribution in [0.15, 0.2) is 53.4 Å². The van der Waals surface area contributed by atoms with Crippen LogP contribution in [0.2, 0.25) is 0 Å². The topological polar surface area (TPSA) is 66.5 Å². The first kappa shape index (κ1) is 18.9. The van der Waals surface area contributed by atoms with E-state index in [1.807, 2.05) is 6.92 Å². The molecule has 0 radical (unpaired) electrons. The smallest absolute Gasteiger partial charge is 0.261 e. The van der Waals surface area contributed by atoms with Crippen LogP contribution in [0.25, 0.3) is 0 Å². The number of nitrogens with zero attached hydrogens (tertiary/aromatic N) is 1. The van der Waals surface area contributed by atoms with Gasteiger partial charge in [0.15, 0.2) is 0 Å². The average molecular weight is 364 g/mol. The van der Waals surface area contributed by atoms with Crippen LogP contribution in [-0.4, -0.2) is 32.8 Å². The summed E-state index contributed by atoms with van der Waals surface area (Å²) in [4.78, 5) is 13.9. The third kappa shape index (κ3) is 5.03. The normalized spacial score (nSPS) is 11.2. The summed E-state index contributed by atoms with van der Waals surface area (Å²) < 4.78 is 40.2. The van der Waals surface area contributed by atoms with E-state index in [1.54, 1.807) is 11.9 Å². The van der Waals surface area contributed by atoms with Gasteiger partial charge in [0.25, 0.3) is 15.9 Å². The molecule has 0 atom stereocenters. The molecule has 0 spiro atoms. The summed E-state index contributed by atoms with van der Waals surface area (Å²) in [5, 5.41) is 0. The van der Waals surface area contributed by atoms with Crippen molar-refractivity contribution < 1.29 is 17.6 Å². The number of carbonyl (C=O) groups is 1. The van der Waals surface area contributed by atoms with E-state index in [0.717, 1.165) is 18.9 Å². The highest BCUT2D eigenvalue weighted by Gasteiger charge is 2.16. The molecule has 5 nitrogen and oxygen atoms in total. The quantitative estimate of drug-likeness (QED) is 0.818. The molecule has 7 heteroatoms. The second kappa shape index (κ2) is 8.11. The number of hydrogen-bond donors (Lipinski definition) is 1. The second-order valence-corrected chi connectivity index (χ2v) is 7.40. The van der Waals surface area contributed by atoms with Gasteiger partial charge in [-0.15, -0.1) is 0 Å². The number of hydrogen-bond acceptors (Lipinski definition) is 3. The Bertz CT molecular complexity index is 836. The molecule has 25 heavy (non-hydrogen) atoms. The minimum Gasteiger partial charge on any atom is -0.342 e. The summed E-state index contributed by atoms with van der Waals surface area (Å²) in [5.41, 5.74) is 0.558. The zero-order valence-electron chi connectivity index (χ0n) is 14.2. The van der Waals surface area contributed by atoms with Gasteiger partial charge in [-0.2, -0.15) is 0 Å². The van der Waals surface area contributed by atoms with Crippen LogP contribution >= 0.6 is 0 Å². The van der Waals surface area contributed by atoms with Crippen molar-refractivity contribution in [2.45, 2.75) is 24.7 Å². The molecule has 0 bridgehead atoms. The van der Waals surface area contributed by atoms with Gasteiger partial charge in [0, 0.05) is 19.2 Å². The van der Waals surface area contributed by atoms with Gasteiger partial charge in [0.2, 0.25) is 0 Å². The first-order valence-electron chi connectivity index (χ1n) is 7.97. The molecule has 0 unspecified atom stereocenters. The van der Waals surface area contributed by atoms with Crippen LogP contribution < -0.4 is 4.72 Å². The number of rotatable bonds is 7. The highest BCUT2D eigenvalue weighted by Crippen LogP contribution is 2.18. The zero-order valence-corrected chi connectivity index (χ0v) is 15.0. The van der Waals surface area contributed by atoms with Crippen molar-refractivity contribution in [3.05, 3.63) is 59.9 Å². The number of amides is 1. The Kier molecular flexibility index (Phi) is 6.14. The van der Waals surface area contributed by atoms with Gasteiger partial charge in [0.1, 0.15) is 5.82 Å². The highest BCUT2D eigenvalue weighted by molar-refractivity contribution is 7.92.